The van der Waals surface area contributed by atoms with Gasteiger partial charge >= 0.3 is 0 Å². The van der Waals surface area contributed by atoms with E-state index in [2.05, 4.69) is 31.2 Å². The van der Waals surface area contributed by atoms with Crippen molar-refractivity contribution in [1.29, 1.82) is 0 Å². The van der Waals surface area contributed by atoms with E-state index in [4.69, 9.17) is 0 Å². The van der Waals surface area contributed by atoms with Crippen LogP contribution in [0.5, 0.6) is 0 Å². The van der Waals surface area contributed by atoms with Crippen LogP contribution in [0, 0.1) is 0 Å². The molecule has 0 fully saturated rings. The number of benzene rings is 2. The van der Waals surface area contributed by atoms with E-state index in [0.717, 1.165) is 21.4 Å². The van der Waals surface area contributed by atoms with E-state index in [1.54, 1.807) is 6.20 Å². The highest BCUT2D eigenvalue weighted by atomic mass is 79.9. The van der Waals surface area contributed by atoms with Gasteiger partial charge in [0.2, 0.25) is 5.95 Å². The molecular formula is C16H12BrN3. The number of halogens is 1. The van der Waals surface area contributed by atoms with E-state index in [9.17, 15) is 0 Å². The largest absolute Gasteiger partial charge is 0.324 e. The number of nitrogens with zero attached hydrogens (tertiary/aromatic N) is 2. The molecule has 0 saturated heterocycles. The Balaban J connectivity index is 1.92. The molecule has 0 aliphatic rings. The molecular weight excluding hydrogens is 314 g/mol. The number of anilines is 2. The molecule has 3 nitrogen and oxygen atoms in total. The third kappa shape index (κ3) is 2.86. The lowest BCUT2D eigenvalue weighted by Crippen LogP contribution is -1.97. The number of hydrogen-bond donors (Lipinski definition) is 1. The molecule has 0 unspecified atom stereocenters. The van der Waals surface area contributed by atoms with Crippen LogP contribution in [0.15, 0.2) is 71.3 Å². The monoisotopic (exact) mass is 325 g/mol. The normalized spacial score (nSPS) is 10.2. The summed E-state index contributed by atoms with van der Waals surface area (Å²) in [6.07, 6.45) is 1.76. The van der Waals surface area contributed by atoms with E-state index in [1.165, 1.54) is 0 Å². The van der Waals surface area contributed by atoms with Gasteiger partial charge in [-0.1, -0.05) is 52.3 Å². The van der Waals surface area contributed by atoms with Crippen LogP contribution in [-0.4, -0.2) is 9.97 Å². The molecule has 0 spiro atoms. The van der Waals surface area contributed by atoms with Crippen LogP contribution in [0.2, 0.25) is 0 Å². The van der Waals surface area contributed by atoms with E-state index >= 15 is 0 Å². The van der Waals surface area contributed by atoms with Crippen molar-refractivity contribution in [3.05, 3.63) is 71.3 Å². The first-order valence-electron chi connectivity index (χ1n) is 6.23. The van der Waals surface area contributed by atoms with Crippen molar-refractivity contribution in [1.82, 2.24) is 9.97 Å². The Morgan fingerprint density at radius 1 is 0.850 bits per heavy atom. The maximum atomic E-state index is 4.55. The molecule has 0 atom stereocenters. The number of para-hydroxylation sites is 1. The van der Waals surface area contributed by atoms with Crippen molar-refractivity contribution in [2.24, 2.45) is 0 Å². The zero-order valence-corrected chi connectivity index (χ0v) is 12.2. The fourth-order valence-corrected chi connectivity index (χ4v) is 2.38. The summed E-state index contributed by atoms with van der Waals surface area (Å²) in [5, 5.41) is 3.20. The van der Waals surface area contributed by atoms with Crippen molar-refractivity contribution in [3.63, 3.8) is 0 Å². The van der Waals surface area contributed by atoms with E-state index in [-0.39, 0.29) is 0 Å². The van der Waals surface area contributed by atoms with Crippen LogP contribution < -0.4 is 5.32 Å². The first-order valence-corrected chi connectivity index (χ1v) is 7.02. The fraction of sp³-hybridized carbons (Fsp3) is 0. The number of hydrogen-bond acceptors (Lipinski definition) is 3. The molecule has 1 aromatic heterocycles. The van der Waals surface area contributed by atoms with Crippen LogP contribution in [-0.2, 0) is 0 Å². The zero-order valence-electron chi connectivity index (χ0n) is 10.6. The lowest BCUT2D eigenvalue weighted by atomic mass is 10.1. The van der Waals surface area contributed by atoms with Gasteiger partial charge in [0.1, 0.15) is 0 Å². The molecule has 0 saturated carbocycles. The number of rotatable bonds is 3. The summed E-state index contributed by atoms with van der Waals surface area (Å²) in [5.41, 5.74) is 2.90. The lowest BCUT2D eigenvalue weighted by molar-refractivity contribution is 1.17. The maximum absolute atomic E-state index is 4.55. The predicted molar refractivity (Wildman–Crippen MR) is 84.9 cm³/mol. The molecule has 3 aromatic rings. The second kappa shape index (κ2) is 5.84. The molecule has 0 radical (unpaired) electrons. The Morgan fingerprint density at radius 2 is 1.60 bits per heavy atom. The Bertz CT molecular complexity index is 714. The molecule has 0 aliphatic heterocycles. The predicted octanol–water partition coefficient (Wildman–Crippen LogP) is 4.65. The summed E-state index contributed by atoms with van der Waals surface area (Å²) in [7, 11) is 0. The van der Waals surface area contributed by atoms with Crippen LogP contribution in [0.25, 0.3) is 11.3 Å². The minimum absolute atomic E-state index is 0.587. The summed E-state index contributed by atoms with van der Waals surface area (Å²) >= 11 is 3.54. The molecule has 3 rings (SSSR count). The minimum atomic E-state index is 0.587. The SMILES string of the molecule is Brc1ccccc1-c1ccnc(Nc2ccccc2)n1. The molecule has 0 aliphatic carbocycles. The average molecular weight is 326 g/mol. The molecule has 98 valence electrons. The van der Waals surface area contributed by atoms with Gasteiger partial charge in [0.25, 0.3) is 0 Å². The van der Waals surface area contributed by atoms with Crippen molar-refractivity contribution in [2.75, 3.05) is 5.32 Å². The highest BCUT2D eigenvalue weighted by Crippen LogP contribution is 2.26. The van der Waals surface area contributed by atoms with Gasteiger partial charge in [-0.25, -0.2) is 9.97 Å². The van der Waals surface area contributed by atoms with Gasteiger partial charge in [0.05, 0.1) is 5.69 Å². The van der Waals surface area contributed by atoms with Crippen molar-refractivity contribution in [2.45, 2.75) is 0 Å². The third-order valence-electron chi connectivity index (χ3n) is 2.84. The quantitative estimate of drug-likeness (QED) is 0.761. The highest BCUT2D eigenvalue weighted by Gasteiger charge is 2.05. The summed E-state index contributed by atoms with van der Waals surface area (Å²) in [4.78, 5) is 8.80. The third-order valence-corrected chi connectivity index (χ3v) is 3.53. The van der Waals surface area contributed by atoms with Gasteiger partial charge in [0, 0.05) is 21.9 Å². The highest BCUT2D eigenvalue weighted by molar-refractivity contribution is 9.10. The van der Waals surface area contributed by atoms with Crippen LogP contribution in [0.1, 0.15) is 0 Å². The van der Waals surface area contributed by atoms with Crippen LogP contribution in [0.3, 0.4) is 0 Å². The van der Waals surface area contributed by atoms with Gasteiger partial charge in [0.15, 0.2) is 0 Å². The molecule has 1 N–H and O–H groups in total. The van der Waals surface area contributed by atoms with Gasteiger partial charge in [-0.3, -0.25) is 0 Å². The zero-order chi connectivity index (χ0) is 13.8. The minimum Gasteiger partial charge on any atom is -0.324 e. The molecule has 4 heteroatoms. The lowest BCUT2D eigenvalue weighted by Gasteiger charge is -2.07. The van der Waals surface area contributed by atoms with Gasteiger partial charge < -0.3 is 5.32 Å². The fourth-order valence-electron chi connectivity index (χ4n) is 1.89. The van der Waals surface area contributed by atoms with Crippen LogP contribution >= 0.6 is 15.9 Å². The smallest absolute Gasteiger partial charge is 0.227 e. The van der Waals surface area contributed by atoms with Gasteiger partial charge in [-0.15, -0.1) is 0 Å². The topological polar surface area (TPSA) is 37.8 Å². The summed E-state index contributed by atoms with van der Waals surface area (Å²) in [6.45, 7) is 0. The summed E-state index contributed by atoms with van der Waals surface area (Å²) in [6, 6.07) is 19.8. The number of nitrogens with one attached hydrogen (secondary N) is 1. The standard InChI is InChI=1S/C16H12BrN3/c17-14-9-5-4-8-13(14)15-10-11-18-16(20-15)19-12-6-2-1-3-7-12/h1-11H,(H,18,19,20). The van der Waals surface area contributed by atoms with Crippen LogP contribution in [0.4, 0.5) is 11.6 Å². The first kappa shape index (κ1) is 12.8. The second-order valence-corrected chi connectivity index (χ2v) is 5.09. The molecule has 1 heterocycles. The molecule has 0 bridgehead atoms. The second-order valence-electron chi connectivity index (χ2n) is 4.24. The molecule has 2 aromatic carbocycles. The van der Waals surface area contributed by atoms with Crippen molar-refractivity contribution < 1.29 is 0 Å². The molecule has 0 amide bonds. The number of aromatic nitrogens is 2. The van der Waals surface area contributed by atoms with E-state index < -0.39 is 0 Å². The Kier molecular flexibility index (Phi) is 3.74. The maximum Gasteiger partial charge on any atom is 0.227 e. The first-order chi connectivity index (χ1) is 9.83. The van der Waals surface area contributed by atoms with Gasteiger partial charge in [-0.2, -0.15) is 0 Å². The van der Waals surface area contributed by atoms with E-state index in [1.807, 2.05) is 60.7 Å². The van der Waals surface area contributed by atoms with E-state index in [0.29, 0.717) is 5.95 Å². The Hall–Kier alpha value is -2.20. The van der Waals surface area contributed by atoms with Gasteiger partial charge in [-0.05, 0) is 24.3 Å². The van der Waals surface area contributed by atoms with Crippen molar-refractivity contribution in [3.8, 4) is 11.3 Å². The summed E-state index contributed by atoms with van der Waals surface area (Å²) < 4.78 is 1.02. The van der Waals surface area contributed by atoms with Crippen molar-refractivity contribution >= 4 is 27.6 Å². The molecule has 20 heavy (non-hydrogen) atoms. The Morgan fingerprint density at radius 3 is 2.40 bits per heavy atom. The Labute approximate surface area is 125 Å². The summed E-state index contributed by atoms with van der Waals surface area (Å²) in [5.74, 6) is 0.587. The average Bonchev–Trinajstić information content (AvgIpc) is 2.49.